The Kier molecular flexibility index (Phi) is 5.04. The molecule has 3 N–H and O–H groups in total. The van der Waals surface area contributed by atoms with Gasteiger partial charge in [0.1, 0.15) is 28.9 Å². The van der Waals surface area contributed by atoms with Gasteiger partial charge >= 0.3 is 5.97 Å². The van der Waals surface area contributed by atoms with Crippen LogP contribution in [0.15, 0.2) is 47.8 Å². The number of carbonyl (C=O) groups is 2. The van der Waals surface area contributed by atoms with Crippen molar-refractivity contribution >= 4 is 11.8 Å². The first-order valence-electron chi connectivity index (χ1n) is 8.84. The minimum absolute atomic E-state index is 0.115. The molecule has 0 saturated heterocycles. The second-order valence-corrected chi connectivity index (χ2v) is 7.10. The highest BCUT2D eigenvalue weighted by molar-refractivity contribution is 6.00. The summed E-state index contributed by atoms with van der Waals surface area (Å²) in [6.45, 7) is 4.76. The van der Waals surface area contributed by atoms with Crippen LogP contribution in [0.2, 0.25) is 0 Å². The van der Waals surface area contributed by atoms with Crippen molar-refractivity contribution in [3.63, 3.8) is 0 Å². The fourth-order valence-corrected chi connectivity index (χ4v) is 3.48. The van der Waals surface area contributed by atoms with Gasteiger partial charge in [-0.15, -0.1) is 0 Å². The fourth-order valence-electron chi connectivity index (χ4n) is 3.48. The Labute approximate surface area is 162 Å². The van der Waals surface area contributed by atoms with Gasteiger partial charge < -0.3 is 24.8 Å². The van der Waals surface area contributed by atoms with Crippen LogP contribution < -0.4 is 0 Å². The van der Waals surface area contributed by atoms with Crippen molar-refractivity contribution in [3.8, 4) is 11.5 Å². The van der Waals surface area contributed by atoms with Crippen LogP contribution in [-0.2, 0) is 14.3 Å². The highest BCUT2D eigenvalue weighted by Gasteiger charge is 2.51. The van der Waals surface area contributed by atoms with Crippen LogP contribution in [0, 0.1) is 12.8 Å². The smallest absolute Gasteiger partial charge is 0.342 e. The van der Waals surface area contributed by atoms with E-state index in [1.807, 2.05) is 6.92 Å². The lowest BCUT2D eigenvalue weighted by Gasteiger charge is -2.41. The van der Waals surface area contributed by atoms with Crippen molar-refractivity contribution in [2.75, 3.05) is 6.61 Å². The largest absolute Gasteiger partial charge is 0.508 e. The fraction of sp³-hybridized carbons (Fsp3) is 0.333. The number of hydrogen-bond donors (Lipinski definition) is 3. The molecule has 0 spiro atoms. The number of aliphatic hydroxyl groups is 1. The maximum Gasteiger partial charge on any atom is 0.342 e. The van der Waals surface area contributed by atoms with Gasteiger partial charge in [-0.3, -0.25) is 4.79 Å². The number of benzene rings is 1. The Morgan fingerprint density at radius 3 is 2.68 bits per heavy atom. The summed E-state index contributed by atoms with van der Waals surface area (Å²) < 4.78 is 11.1. The number of aryl methyl sites for hydroxylation is 1. The van der Waals surface area contributed by atoms with Gasteiger partial charge in [0.2, 0.25) is 0 Å². The summed E-state index contributed by atoms with van der Waals surface area (Å²) >= 11 is 0. The number of allylic oxidation sites excluding steroid dienone is 3. The third-order valence-corrected chi connectivity index (χ3v) is 4.95. The first kappa shape index (κ1) is 19.7. The first-order valence-corrected chi connectivity index (χ1v) is 8.84. The van der Waals surface area contributed by atoms with E-state index in [-0.39, 0.29) is 17.9 Å². The van der Waals surface area contributed by atoms with Crippen molar-refractivity contribution in [2.24, 2.45) is 5.92 Å². The van der Waals surface area contributed by atoms with Gasteiger partial charge in [0.05, 0.1) is 12.5 Å². The summed E-state index contributed by atoms with van der Waals surface area (Å²) in [4.78, 5) is 25.2. The van der Waals surface area contributed by atoms with E-state index < -0.39 is 35.1 Å². The molecule has 0 fully saturated rings. The molecule has 1 aliphatic carbocycles. The van der Waals surface area contributed by atoms with E-state index in [9.17, 15) is 24.9 Å². The van der Waals surface area contributed by atoms with Crippen LogP contribution >= 0.6 is 0 Å². The van der Waals surface area contributed by atoms with E-state index in [0.29, 0.717) is 16.9 Å². The summed E-state index contributed by atoms with van der Waals surface area (Å²) in [5, 5.41) is 30.3. The standard InChI is InChI=1S/C21H22O7/c1-4-5-14-7-12-8-17(24)21(3,26)19(15(12)10-27-14)28-20(25)18-11(2)6-13(22)9-16(18)23/h4-9,15,19,22-23,26H,10H2,1-3H3/b5-4+/t15-,19+,21-/m0/s1. The predicted molar refractivity (Wildman–Crippen MR) is 99.8 cm³/mol. The van der Waals surface area contributed by atoms with Crippen molar-refractivity contribution in [1.29, 1.82) is 0 Å². The van der Waals surface area contributed by atoms with Gasteiger partial charge in [-0.2, -0.15) is 0 Å². The van der Waals surface area contributed by atoms with E-state index in [1.54, 1.807) is 18.2 Å². The second-order valence-electron chi connectivity index (χ2n) is 7.10. The molecule has 7 nitrogen and oxygen atoms in total. The molecule has 0 radical (unpaired) electrons. The van der Waals surface area contributed by atoms with Crippen LogP contribution in [0.5, 0.6) is 11.5 Å². The zero-order valence-corrected chi connectivity index (χ0v) is 15.8. The highest BCUT2D eigenvalue weighted by atomic mass is 16.6. The summed E-state index contributed by atoms with van der Waals surface area (Å²) in [6, 6.07) is 2.33. The van der Waals surface area contributed by atoms with Gasteiger partial charge in [0.25, 0.3) is 0 Å². The van der Waals surface area contributed by atoms with E-state index >= 15 is 0 Å². The minimum Gasteiger partial charge on any atom is -0.508 e. The lowest BCUT2D eigenvalue weighted by atomic mass is 9.75. The molecule has 0 amide bonds. The Balaban J connectivity index is 1.96. The minimum atomic E-state index is -1.94. The molecule has 7 heteroatoms. The summed E-state index contributed by atoms with van der Waals surface area (Å²) in [7, 11) is 0. The molecule has 1 heterocycles. The summed E-state index contributed by atoms with van der Waals surface area (Å²) in [5.74, 6) is -2.12. The number of aromatic hydroxyl groups is 2. The summed E-state index contributed by atoms with van der Waals surface area (Å²) in [6.07, 6.45) is 5.34. The lowest BCUT2D eigenvalue weighted by Crippen LogP contribution is -2.56. The number of carbonyl (C=O) groups excluding carboxylic acids is 2. The number of hydrogen-bond acceptors (Lipinski definition) is 7. The Morgan fingerprint density at radius 1 is 1.32 bits per heavy atom. The van der Waals surface area contributed by atoms with Gasteiger partial charge in [0.15, 0.2) is 11.4 Å². The number of fused-ring (bicyclic) bond motifs is 1. The van der Waals surface area contributed by atoms with Crippen LogP contribution in [-0.4, -0.2) is 45.4 Å². The third kappa shape index (κ3) is 3.41. The monoisotopic (exact) mass is 386 g/mol. The van der Waals surface area contributed by atoms with E-state index in [1.165, 1.54) is 26.0 Å². The zero-order chi connectivity index (χ0) is 20.6. The Bertz CT molecular complexity index is 898. The van der Waals surface area contributed by atoms with Crippen LogP contribution in [0.3, 0.4) is 0 Å². The van der Waals surface area contributed by atoms with Crippen molar-refractivity contribution in [3.05, 3.63) is 58.9 Å². The molecule has 148 valence electrons. The van der Waals surface area contributed by atoms with Gasteiger partial charge in [-0.05, 0) is 56.2 Å². The average molecular weight is 386 g/mol. The average Bonchev–Trinajstić information content (AvgIpc) is 2.58. The SMILES string of the molecule is C/C=C/C1=CC2=CC(=O)[C@](C)(O)[C@H](OC(=O)c3c(C)cc(O)cc3O)[C@H]2CO1. The number of esters is 1. The maximum absolute atomic E-state index is 12.7. The molecule has 28 heavy (non-hydrogen) atoms. The molecular weight excluding hydrogens is 364 g/mol. The molecule has 0 bridgehead atoms. The topological polar surface area (TPSA) is 113 Å². The molecule has 1 aliphatic heterocycles. The third-order valence-electron chi connectivity index (χ3n) is 4.95. The van der Waals surface area contributed by atoms with Gasteiger partial charge in [-0.25, -0.2) is 4.79 Å². The van der Waals surface area contributed by atoms with Crippen molar-refractivity contribution in [1.82, 2.24) is 0 Å². The molecule has 0 saturated carbocycles. The highest BCUT2D eigenvalue weighted by Crippen LogP contribution is 2.38. The molecule has 2 aliphatic rings. The lowest BCUT2D eigenvalue weighted by molar-refractivity contribution is -0.151. The first-order chi connectivity index (χ1) is 13.1. The molecule has 1 aromatic rings. The van der Waals surface area contributed by atoms with E-state index in [4.69, 9.17) is 9.47 Å². The number of phenols is 2. The van der Waals surface area contributed by atoms with E-state index in [2.05, 4.69) is 0 Å². The normalized spacial score (nSPS) is 26.9. The molecule has 0 aromatic heterocycles. The van der Waals surface area contributed by atoms with Crippen molar-refractivity contribution < 1.29 is 34.4 Å². The molecule has 3 atom stereocenters. The van der Waals surface area contributed by atoms with Crippen molar-refractivity contribution in [2.45, 2.75) is 32.5 Å². The number of rotatable bonds is 3. The zero-order valence-electron chi connectivity index (χ0n) is 15.8. The van der Waals surface area contributed by atoms with Crippen LogP contribution in [0.4, 0.5) is 0 Å². The van der Waals surface area contributed by atoms with Crippen LogP contribution in [0.25, 0.3) is 0 Å². The molecular formula is C21H22O7. The predicted octanol–water partition coefficient (Wildman–Crippen LogP) is 2.30. The Hall–Kier alpha value is -3.06. The maximum atomic E-state index is 12.7. The molecule has 0 unspecified atom stereocenters. The van der Waals surface area contributed by atoms with E-state index in [0.717, 1.165) is 6.07 Å². The molecule has 1 aromatic carbocycles. The van der Waals surface area contributed by atoms with Crippen LogP contribution in [0.1, 0.15) is 29.8 Å². The van der Waals surface area contributed by atoms with Gasteiger partial charge in [-0.1, -0.05) is 6.08 Å². The van der Waals surface area contributed by atoms with Gasteiger partial charge in [0, 0.05) is 6.07 Å². The second kappa shape index (κ2) is 7.16. The number of ketones is 1. The molecule has 3 rings (SSSR count). The number of ether oxygens (including phenoxy) is 2. The summed E-state index contributed by atoms with van der Waals surface area (Å²) in [5.41, 5.74) is -1.19. The Morgan fingerprint density at radius 2 is 2.04 bits per heavy atom. The quantitative estimate of drug-likeness (QED) is 0.683. The number of phenolic OH excluding ortho intramolecular Hbond substituents is 2.